The van der Waals surface area contributed by atoms with E-state index in [0.29, 0.717) is 18.2 Å². The van der Waals surface area contributed by atoms with Gasteiger partial charge in [-0.05, 0) is 24.2 Å². The van der Waals surface area contributed by atoms with E-state index in [1.807, 2.05) is 35.2 Å². The molecular formula is C15H15N3O3S. The number of rotatable bonds is 4. The molecule has 0 saturated carbocycles. The summed E-state index contributed by atoms with van der Waals surface area (Å²) >= 11 is 1.08. The normalized spacial score (nSPS) is 15.7. The predicted molar refractivity (Wildman–Crippen MR) is 84.5 cm³/mol. The van der Waals surface area contributed by atoms with Crippen LogP contribution in [0.3, 0.4) is 0 Å². The van der Waals surface area contributed by atoms with Gasteiger partial charge < -0.3 is 4.90 Å². The molecule has 1 saturated heterocycles. The highest BCUT2D eigenvalue weighted by Gasteiger charge is 2.27. The molecule has 22 heavy (non-hydrogen) atoms. The monoisotopic (exact) mass is 317 g/mol. The van der Waals surface area contributed by atoms with Crippen LogP contribution in [0, 0.1) is 16.0 Å². The summed E-state index contributed by atoms with van der Waals surface area (Å²) in [4.78, 5) is 28.8. The first-order chi connectivity index (χ1) is 10.6. The van der Waals surface area contributed by atoms with Gasteiger partial charge in [0.15, 0.2) is 10.9 Å². The van der Waals surface area contributed by atoms with Gasteiger partial charge in [0.05, 0.1) is 4.92 Å². The molecule has 1 aliphatic heterocycles. The van der Waals surface area contributed by atoms with Gasteiger partial charge in [0.1, 0.15) is 6.20 Å². The van der Waals surface area contributed by atoms with Crippen molar-refractivity contribution in [1.82, 2.24) is 4.98 Å². The van der Waals surface area contributed by atoms with Crippen LogP contribution in [-0.4, -0.2) is 28.8 Å². The average Bonchev–Trinajstić information content (AvgIpc) is 3.05. The van der Waals surface area contributed by atoms with E-state index < -0.39 is 4.92 Å². The summed E-state index contributed by atoms with van der Waals surface area (Å²) in [5, 5.41) is 11.4. The lowest BCUT2D eigenvalue weighted by molar-refractivity contribution is -0.380. The van der Waals surface area contributed by atoms with Crippen LogP contribution in [0.15, 0.2) is 36.5 Å². The van der Waals surface area contributed by atoms with Gasteiger partial charge in [0.25, 0.3) is 0 Å². The molecule has 0 aliphatic carbocycles. The van der Waals surface area contributed by atoms with Gasteiger partial charge in [-0.2, -0.15) is 0 Å². The maximum Gasteiger partial charge on any atom is 0.345 e. The predicted octanol–water partition coefficient (Wildman–Crippen LogP) is 3.15. The molecule has 0 radical (unpaired) electrons. The Kier molecular flexibility index (Phi) is 4.15. The number of ketones is 1. The SMILES string of the molecule is O=C(c1ccccc1)C1CCN(c2ncc([N+](=O)[O-])s2)CC1. The molecule has 2 heterocycles. The van der Waals surface area contributed by atoms with Crippen LogP contribution in [-0.2, 0) is 0 Å². The molecular weight excluding hydrogens is 302 g/mol. The van der Waals surface area contributed by atoms with E-state index in [9.17, 15) is 14.9 Å². The Morgan fingerprint density at radius 2 is 1.95 bits per heavy atom. The molecule has 1 fully saturated rings. The second kappa shape index (κ2) is 6.23. The summed E-state index contributed by atoms with van der Waals surface area (Å²) in [6.07, 6.45) is 2.80. The fourth-order valence-electron chi connectivity index (χ4n) is 2.66. The fourth-order valence-corrected chi connectivity index (χ4v) is 3.44. The van der Waals surface area contributed by atoms with Crippen molar-refractivity contribution >= 4 is 27.3 Å². The lowest BCUT2D eigenvalue weighted by atomic mass is 9.89. The van der Waals surface area contributed by atoms with E-state index in [2.05, 4.69) is 4.98 Å². The number of nitrogens with zero attached hydrogens (tertiary/aromatic N) is 3. The van der Waals surface area contributed by atoms with E-state index in [1.54, 1.807) is 0 Å². The minimum absolute atomic E-state index is 0.0219. The number of carbonyl (C=O) groups is 1. The van der Waals surface area contributed by atoms with Gasteiger partial charge in [0, 0.05) is 24.6 Å². The van der Waals surface area contributed by atoms with Gasteiger partial charge in [-0.25, -0.2) is 4.98 Å². The Morgan fingerprint density at radius 1 is 1.27 bits per heavy atom. The minimum atomic E-state index is -0.424. The van der Waals surface area contributed by atoms with Crippen LogP contribution in [0.2, 0.25) is 0 Å². The molecule has 1 aromatic carbocycles. The quantitative estimate of drug-likeness (QED) is 0.492. The molecule has 0 unspecified atom stereocenters. The lowest BCUT2D eigenvalue weighted by Gasteiger charge is -2.30. The van der Waals surface area contributed by atoms with Gasteiger partial charge in [-0.1, -0.05) is 30.3 Å². The number of thiazole rings is 1. The van der Waals surface area contributed by atoms with Crippen LogP contribution >= 0.6 is 11.3 Å². The number of carbonyl (C=O) groups excluding carboxylic acids is 1. The van der Waals surface area contributed by atoms with E-state index in [0.717, 1.165) is 29.7 Å². The van der Waals surface area contributed by atoms with E-state index in [1.165, 1.54) is 6.20 Å². The molecule has 7 heteroatoms. The van der Waals surface area contributed by atoms with Crippen LogP contribution in [0.5, 0.6) is 0 Å². The van der Waals surface area contributed by atoms with Crippen LogP contribution in [0.4, 0.5) is 10.1 Å². The number of benzene rings is 1. The highest BCUT2D eigenvalue weighted by molar-refractivity contribution is 7.18. The van der Waals surface area contributed by atoms with Crippen molar-refractivity contribution in [3.63, 3.8) is 0 Å². The van der Waals surface area contributed by atoms with Gasteiger partial charge >= 0.3 is 5.00 Å². The minimum Gasteiger partial charge on any atom is -0.348 e. The summed E-state index contributed by atoms with van der Waals surface area (Å²) in [6, 6.07) is 9.33. The van der Waals surface area contributed by atoms with Gasteiger partial charge in [0.2, 0.25) is 0 Å². The number of hydrogen-bond acceptors (Lipinski definition) is 6. The van der Waals surface area contributed by atoms with Crippen molar-refractivity contribution in [3.8, 4) is 0 Å². The smallest absolute Gasteiger partial charge is 0.345 e. The van der Waals surface area contributed by atoms with Crippen molar-refractivity contribution in [1.29, 1.82) is 0 Å². The lowest BCUT2D eigenvalue weighted by Crippen LogP contribution is -2.36. The topological polar surface area (TPSA) is 76.3 Å². The highest BCUT2D eigenvalue weighted by atomic mass is 32.1. The number of aromatic nitrogens is 1. The summed E-state index contributed by atoms with van der Waals surface area (Å²) in [6.45, 7) is 1.40. The Morgan fingerprint density at radius 3 is 2.55 bits per heavy atom. The third-order valence-electron chi connectivity index (χ3n) is 3.86. The first-order valence-corrected chi connectivity index (χ1v) is 7.91. The number of anilines is 1. The second-order valence-electron chi connectivity index (χ2n) is 5.23. The number of piperidine rings is 1. The zero-order chi connectivity index (χ0) is 15.5. The Labute approximate surface area is 131 Å². The van der Waals surface area contributed by atoms with Crippen LogP contribution in [0.25, 0.3) is 0 Å². The van der Waals surface area contributed by atoms with Crippen molar-refractivity contribution in [2.24, 2.45) is 5.92 Å². The molecule has 0 bridgehead atoms. The van der Waals surface area contributed by atoms with Crippen LogP contribution in [0.1, 0.15) is 23.2 Å². The summed E-state index contributed by atoms with van der Waals surface area (Å²) in [5.74, 6) is 0.207. The second-order valence-corrected chi connectivity index (χ2v) is 6.22. The number of nitro groups is 1. The van der Waals surface area contributed by atoms with Crippen molar-refractivity contribution in [2.45, 2.75) is 12.8 Å². The first-order valence-electron chi connectivity index (χ1n) is 7.09. The zero-order valence-electron chi connectivity index (χ0n) is 11.8. The molecule has 114 valence electrons. The van der Waals surface area contributed by atoms with E-state index >= 15 is 0 Å². The van der Waals surface area contributed by atoms with Crippen molar-refractivity contribution < 1.29 is 9.72 Å². The molecule has 2 aromatic rings. The number of Topliss-reactive ketones (excluding diaryl/α,β-unsaturated/α-hetero) is 1. The molecule has 6 nitrogen and oxygen atoms in total. The zero-order valence-corrected chi connectivity index (χ0v) is 12.7. The van der Waals surface area contributed by atoms with E-state index in [4.69, 9.17) is 0 Å². The van der Waals surface area contributed by atoms with Crippen molar-refractivity contribution in [3.05, 3.63) is 52.2 Å². The third-order valence-corrected chi connectivity index (χ3v) is 4.87. The summed E-state index contributed by atoms with van der Waals surface area (Å²) < 4.78 is 0. The van der Waals surface area contributed by atoms with Gasteiger partial charge in [-0.3, -0.25) is 14.9 Å². The molecule has 1 aromatic heterocycles. The molecule has 0 N–H and O–H groups in total. The Bertz CT molecular complexity index is 678. The molecule has 0 atom stereocenters. The first kappa shape index (κ1) is 14.6. The Hall–Kier alpha value is -2.28. The maximum absolute atomic E-state index is 12.4. The molecule has 1 aliphatic rings. The third kappa shape index (κ3) is 2.99. The largest absolute Gasteiger partial charge is 0.348 e. The average molecular weight is 317 g/mol. The van der Waals surface area contributed by atoms with Crippen LogP contribution < -0.4 is 4.90 Å². The number of hydrogen-bond donors (Lipinski definition) is 0. The van der Waals surface area contributed by atoms with E-state index in [-0.39, 0.29) is 16.7 Å². The maximum atomic E-state index is 12.4. The Balaban J connectivity index is 1.62. The molecule has 3 rings (SSSR count). The van der Waals surface area contributed by atoms with Gasteiger partial charge in [-0.15, -0.1) is 0 Å². The van der Waals surface area contributed by atoms with Crippen molar-refractivity contribution in [2.75, 3.05) is 18.0 Å². The summed E-state index contributed by atoms with van der Waals surface area (Å²) in [7, 11) is 0. The summed E-state index contributed by atoms with van der Waals surface area (Å²) in [5.41, 5.74) is 0.755. The molecule has 0 amide bonds. The fraction of sp³-hybridized carbons (Fsp3) is 0.333. The highest BCUT2D eigenvalue weighted by Crippen LogP contribution is 2.31. The standard InChI is InChI=1S/C15H15N3O3S/c19-14(11-4-2-1-3-5-11)12-6-8-17(9-7-12)15-16-10-13(22-15)18(20)21/h1-5,10,12H,6-9H2. The molecule has 0 spiro atoms.